The van der Waals surface area contributed by atoms with E-state index in [-0.39, 0.29) is 5.41 Å². The number of nitrogens with zero attached hydrogens (tertiary/aromatic N) is 1. The molecule has 0 N–H and O–H groups in total. The standard InChI is InChI=1S/C31H35NSSi/c1-19(2)21-16-25-24-13-14-32-28(30(24)33-29(25)27(18-21)34(6,7)8)22-15-20-11-9-10-12-23(20)26(17-22)31(3,4)5/h9-19H,1-8H3. The highest BCUT2D eigenvalue weighted by atomic mass is 32.1. The van der Waals surface area contributed by atoms with E-state index in [9.17, 15) is 0 Å². The van der Waals surface area contributed by atoms with Crippen molar-refractivity contribution < 1.29 is 0 Å². The summed E-state index contributed by atoms with van der Waals surface area (Å²) in [5.41, 5.74) is 5.22. The van der Waals surface area contributed by atoms with Crippen LogP contribution in [-0.4, -0.2) is 13.1 Å². The van der Waals surface area contributed by atoms with Crippen molar-refractivity contribution >= 4 is 55.5 Å². The third-order valence-electron chi connectivity index (χ3n) is 6.93. The fourth-order valence-corrected chi connectivity index (χ4v) is 8.68. The minimum atomic E-state index is -1.51. The summed E-state index contributed by atoms with van der Waals surface area (Å²) in [5.74, 6) is 0.519. The van der Waals surface area contributed by atoms with Gasteiger partial charge in [-0.25, -0.2) is 0 Å². The molecule has 5 aromatic rings. The molecular formula is C31H35NSSi. The third-order valence-corrected chi connectivity index (χ3v) is 10.4. The molecule has 0 atom stereocenters. The molecule has 3 heteroatoms. The SMILES string of the molecule is CC(C)c1cc([Si](C)(C)C)c2sc3c(-c4cc(C(C)(C)C)c5ccccc5c4)nccc3c2c1. The molecule has 0 saturated heterocycles. The summed E-state index contributed by atoms with van der Waals surface area (Å²) in [4.78, 5) is 4.97. The van der Waals surface area contributed by atoms with Gasteiger partial charge >= 0.3 is 0 Å². The van der Waals surface area contributed by atoms with E-state index < -0.39 is 8.07 Å². The van der Waals surface area contributed by atoms with Crippen LogP contribution in [0.5, 0.6) is 0 Å². The first kappa shape index (κ1) is 23.3. The van der Waals surface area contributed by atoms with Gasteiger partial charge in [-0.2, -0.15) is 0 Å². The number of hydrogen-bond donors (Lipinski definition) is 0. The second-order valence-corrected chi connectivity index (χ2v) is 18.0. The summed E-state index contributed by atoms with van der Waals surface area (Å²) in [7, 11) is -1.51. The molecule has 2 heterocycles. The fourth-order valence-electron chi connectivity index (χ4n) is 4.99. The molecule has 0 aliphatic heterocycles. The summed E-state index contributed by atoms with van der Waals surface area (Å²) >= 11 is 1.95. The van der Waals surface area contributed by atoms with E-state index in [4.69, 9.17) is 4.98 Å². The van der Waals surface area contributed by atoms with Crippen LogP contribution in [0.25, 0.3) is 42.2 Å². The molecule has 1 nitrogen and oxygen atoms in total. The highest BCUT2D eigenvalue weighted by molar-refractivity contribution is 7.28. The number of fused-ring (bicyclic) bond motifs is 4. The van der Waals surface area contributed by atoms with Gasteiger partial charge in [0.1, 0.15) is 0 Å². The van der Waals surface area contributed by atoms with Gasteiger partial charge in [-0.05, 0) is 62.7 Å². The van der Waals surface area contributed by atoms with Crippen LogP contribution in [0.2, 0.25) is 19.6 Å². The molecule has 5 rings (SSSR count). The molecular weight excluding hydrogens is 447 g/mol. The van der Waals surface area contributed by atoms with Crippen LogP contribution in [0.1, 0.15) is 51.7 Å². The molecule has 0 amide bonds. The van der Waals surface area contributed by atoms with E-state index in [1.54, 1.807) is 5.19 Å². The van der Waals surface area contributed by atoms with Crippen LogP contribution in [0.3, 0.4) is 0 Å². The lowest BCUT2D eigenvalue weighted by Crippen LogP contribution is -2.38. The zero-order valence-corrected chi connectivity index (χ0v) is 23.5. The van der Waals surface area contributed by atoms with Gasteiger partial charge < -0.3 is 0 Å². The quantitative estimate of drug-likeness (QED) is 0.234. The first-order valence-electron chi connectivity index (χ1n) is 12.3. The van der Waals surface area contributed by atoms with Crippen molar-refractivity contribution in [3.05, 3.63) is 71.9 Å². The van der Waals surface area contributed by atoms with Gasteiger partial charge in [0.05, 0.1) is 18.5 Å². The fraction of sp³-hybridized carbons (Fsp3) is 0.323. The Labute approximate surface area is 208 Å². The maximum atomic E-state index is 4.97. The van der Waals surface area contributed by atoms with E-state index in [0.717, 1.165) is 5.69 Å². The van der Waals surface area contributed by atoms with Crippen LogP contribution >= 0.6 is 11.3 Å². The summed E-state index contributed by atoms with van der Waals surface area (Å²) in [5, 5.41) is 6.95. The largest absolute Gasteiger partial charge is 0.255 e. The van der Waals surface area contributed by atoms with Gasteiger partial charge in [0.15, 0.2) is 0 Å². The van der Waals surface area contributed by atoms with E-state index in [1.807, 2.05) is 17.5 Å². The highest BCUT2D eigenvalue weighted by Gasteiger charge is 2.25. The lowest BCUT2D eigenvalue weighted by Gasteiger charge is -2.22. The Kier molecular flexibility index (Phi) is 5.49. The minimum Gasteiger partial charge on any atom is -0.255 e. The van der Waals surface area contributed by atoms with Crippen molar-refractivity contribution in [2.75, 3.05) is 0 Å². The van der Waals surface area contributed by atoms with Gasteiger partial charge in [-0.3, -0.25) is 4.98 Å². The van der Waals surface area contributed by atoms with Crippen molar-refractivity contribution in [1.82, 2.24) is 4.98 Å². The Morgan fingerprint density at radius 1 is 0.824 bits per heavy atom. The van der Waals surface area contributed by atoms with Gasteiger partial charge in [0.2, 0.25) is 0 Å². The second-order valence-electron chi connectivity index (χ2n) is 12.0. The van der Waals surface area contributed by atoms with Gasteiger partial charge in [0.25, 0.3) is 0 Å². The molecule has 174 valence electrons. The van der Waals surface area contributed by atoms with Crippen LogP contribution in [0.4, 0.5) is 0 Å². The Morgan fingerprint density at radius 3 is 2.24 bits per heavy atom. The van der Waals surface area contributed by atoms with E-state index >= 15 is 0 Å². The predicted molar refractivity (Wildman–Crippen MR) is 156 cm³/mol. The average Bonchev–Trinajstić information content (AvgIpc) is 3.15. The van der Waals surface area contributed by atoms with Gasteiger partial charge in [0, 0.05) is 27.2 Å². The predicted octanol–water partition coefficient (Wildman–Crippen LogP) is 9.24. The van der Waals surface area contributed by atoms with Crippen LogP contribution in [0, 0.1) is 0 Å². The molecule has 34 heavy (non-hydrogen) atoms. The molecule has 0 bridgehead atoms. The van der Waals surface area contributed by atoms with Crippen LogP contribution in [-0.2, 0) is 5.41 Å². The first-order valence-corrected chi connectivity index (χ1v) is 16.7. The molecule has 3 aromatic carbocycles. The average molecular weight is 482 g/mol. The van der Waals surface area contributed by atoms with E-state index in [2.05, 4.69) is 109 Å². The van der Waals surface area contributed by atoms with Crippen molar-refractivity contribution in [2.24, 2.45) is 0 Å². The number of aromatic nitrogens is 1. The zero-order valence-electron chi connectivity index (χ0n) is 21.7. The number of pyridine rings is 1. The monoisotopic (exact) mass is 481 g/mol. The molecule has 0 spiro atoms. The minimum absolute atomic E-state index is 0.0564. The first-order chi connectivity index (χ1) is 15.9. The molecule has 0 saturated carbocycles. The summed E-state index contributed by atoms with van der Waals surface area (Å²) in [6, 6.07) is 20.6. The Balaban J connectivity index is 1.86. The number of benzene rings is 3. The van der Waals surface area contributed by atoms with Crippen molar-refractivity contribution in [2.45, 2.75) is 65.6 Å². The third kappa shape index (κ3) is 3.89. The van der Waals surface area contributed by atoms with Gasteiger partial charge in [-0.15, -0.1) is 11.3 Å². The summed E-state index contributed by atoms with van der Waals surface area (Å²) in [6.07, 6.45) is 2.01. The zero-order chi connectivity index (χ0) is 24.4. The number of thiophene rings is 1. The molecule has 2 aromatic heterocycles. The topological polar surface area (TPSA) is 12.9 Å². The lowest BCUT2D eigenvalue weighted by atomic mass is 9.82. The van der Waals surface area contributed by atoms with Crippen LogP contribution < -0.4 is 5.19 Å². The second kappa shape index (κ2) is 8.03. The molecule has 0 aliphatic carbocycles. The highest BCUT2D eigenvalue weighted by Crippen LogP contribution is 2.42. The van der Waals surface area contributed by atoms with Crippen molar-refractivity contribution in [3.8, 4) is 11.3 Å². The molecule has 0 fully saturated rings. The normalized spacial score (nSPS) is 13.0. The maximum Gasteiger partial charge on any atom is 0.0880 e. The molecule has 0 unspecified atom stereocenters. The lowest BCUT2D eigenvalue weighted by molar-refractivity contribution is 0.596. The van der Waals surface area contributed by atoms with E-state index in [1.165, 1.54) is 47.6 Å². The summed E-state index contributed by atoms with van der Waals surface area (Å²) < 4.78 is 2.78. The van der Waals surface area contributed by atoms with E-state index in [0.29, 0.717) is 5.92 Å². The van der Waals surface area contributed by atoms with Crippen LogP contribution in [0.15, 0.2) is 60.8 Å². The van der Waals surface area contributed by atoms with Crippen molar-refractivity contribution in [1.29, 1.82) is 0 Å². The number of rotatable bonds is 3. The molecule has 0 radical (unpaired) electrons. The summed E-state index contributed by atoms with van der Waals surface area (Å²) in [6.45, 7) is 18.9. The van der Waals surface area contributed by atoms with Crippen molar-refractivity contribution in [3.63, 3.8) is 0 Å². The Morgan fingerprint density at radius 2 is 1.56 bits per heavy atom. The Bertz CT molecular complexity index is 1540. The van der Waals surface area contributed by atoms with Gasteiger partial charge in [-0.1, -0.05) is 84.6 Å². The maximum absolute atomic E-state index is 4.97. The Hall–Kier alpha value is -2.49. The number of hydrogen-bond acceptors (Lipinski definition) is 2. The smallest absolute Gasteiger partial charge is 0.0880 e. The molecule has 0 aliphatic rings.